The highest BCUT2D eigenvalue weighted by molar-refractivity contribution is 7.81. The average Bonchev–Trinajstić information content (AvgIpc) is 2.12. The summed E-state index contributed by atoms with van der Waals surface area (Å²) in [5.41, 5.74) is 0.715. The second-order valence-electron chi connectivity index (χ2n) is 2.90. The summed E-state index contributed by atoms with van der Waals surface area (Å²) in [6.07, 6.45) is 0. The SMILES string of the molecule is Cc1cc(O)nc(S)n1.Sc1nc(S)nc(S)n1. The molecule has 0 aliphatic rings. The lowest BCUT2D eigenvalue weighted by Crippen LogP contribution is -1.90. The monoisotopic (exact) mass is 319 g/mol. The molecule has 0 saturated carbocycles. The standard InChI is InChI=1S/C5H6N2OS.C3H3N3S3/c1-3-2-4(8)7-5(9)6-3;7-1-4-2(8)6-3(9)5-1/h2H,1H3,(H2,6,7,8,9);(H3,4,5,6,7,8,9). The van der Waals surface area contributed by atoms with Crippen LogP contribution in [0.4, 0.5) is 0 Å². The first-order valence-electron chi connectivity index (χ1n) is 4.43. The maximum Gasteiger partial charge on any atom is 0.215 e. The first-order chi connectivity index (χ1) is 8.36. The second-order valence-corrected chi connectivity index (χ2v) is 4.50. The van der Waals surface area contributed by atoms with Gasteiger partial charge in [0.15, 0.2) is 20.6 Å². The predicted octanol–water partition coefficient (Wildman–Crippen LogP) is 1.52. The molecule has 6 nitrogen and oxygen atoms in total. The zero-order valence-corrected chi connectivity index (χ0v) is 12.6. The third-order valence-corrected chi connectivity index (χ3v) is 2.23. The maximum atomic E-state index is 8.79. The zero-order valence-electron chi connectivity index (χ0n) is 9.05. The third-order valence-electron chi connectivity index (χ3n) is 1.43. The quantitative estimate of drug-likeness (QED) is 0.374. The Morgan fingerprint density at radius 2 is 1.17 bits per heavy atom. The summed E-state index contributed by atoms with van der Waals surface area (Å²) in [5, 5.41) is 10.1. The van der Waals surface area contributed by atoms with Crippen LogP contribution >= 0.6 is 50.5 Å². The van der Waals surface area contributed by atoms with E-state index in [4.69, 9.17) is 5.11 Å². The van der Waals surface area contributed by atoms with Gasteiger partial charge in [-0.3, -0.25) is 0 Å². The van der Waals surface area contributed by atoms with Gasteiger partial charge in [0, 0.05) is 11.8 Å². The van der Waals surface area contributed by atoms with Crippen molar-refractivity contribution in [2.24, 2.45) is 0 Å². The molecule has 2 aromatic heterocycles. The first kappa shape index (κ1) is 15.3. The topological polar surface area (TPSA) is 84.7 Å². The Bertz CT molecular complexity index is 403. The van der Waals surface area contributed by atoms with Crippen molar-refractivity contribution < 1.29 is 5.11 Å². The third kappa shape index (κ3) is 5.76. The maximum absolute atomic E-state index is 8.79. The van der Waals surface area contributed by atoms with Crippen LogP contribution in [0.5, 0.6) is 5.88 Å². The van der Waals surface area contributed by atoms with Gasteiger partial charge in [-0.2, -0.15) is 19.9 Å². The van der Waals surface area contributed by atoms with E-state index < -0.39 is 0 Å². The number of hydrogen-bond donors (Lipinski definition) is 5. The van der Waals surface area contributed by atoms with Crippen LogP contribution in [0.2, 0.25) is 0 Å². The van der Waals surface area contributed by atoms with E-state index in [0.717, 1.165) is 0 Å². The molecule has 0 bridgehead atoms. The number of rotatable bonds is 0. The molecule has 10 heteroatoms. The van der Waals surface area contributed by atoms with E-state index in [-0.39, 0.29) is 5.88 Å². The summed E-state index contributed by atoms with van der Waals surface area (Å²) < 4.78 is 0. The molecule has 0 saturated heterocycles. The molecule has 0 aromatic carbocycles. The molecule has 2 rings (SSSR count). The Hall–Kier alpha value is -0.710. The van der Waals surface area contributed by atoms with Crippen molar-refractivity contribution in [3.05, 3.63) is 11.8 Å². The van der Waals surface area contributed by atoms with Crippen LogP contribution < -0.4 is 0 Å². The van der Waals surface area contributed by atoms with Crippen molar-refractivity contribution in [2.75, 3.05) is 0 Å². The molecule has 0 aliphatic carbocycles. The van der Waals surface area contributed by atoms with Gasteiger partial charge in [-0.1, -0.05) is 0 Å². The molecule has 2 heterocycles. The van der Waals surface area contributed by atoms with E-state index in [2.05, 4.69) is 75.4 Å². The number of hydrogen-bond acceptors (Lipinski definition) is 10. The number of thiol groups is 4. The number of aromatic nitrogens is 5. The fourth-order valence-corrected chi connectivity index (χ4v) is 1.95. The molecule has 0 amide bonds. The summed E-state index contributed by atoms with van der Waals surface area (Å²) >= 11 is 15.4. The molecule has 0 radical (unpaired) electrons. The van der Waals surface area contributed by atoms with Gasteiger partial charge in [0.25, 0.3) is 0 Å². The molecule has 18 heavy (non-hydrogen) atoms. The van der Waals surface area contributed by atoms with Crippen LogP contribution in [0.15, 0.2) is 26.7 Å². The fraction of sp³-hybridized carbons (Fsp3) is 0.125. The lowest BCUT2D eigenvalue weighted by molar-refractivity contribution is 0.444. The molecule has 0 spiro atoms. The Kier molecular flexibility index (Phi) is 5.99. The van der Waals surface area contributed by atoms with Gasteiger partial charge in [-0.25, -0.2) is 4.98 Å². The molecule has 0 aliphatic heterocycles. The highest BCUT2D eigenvalue weighted by Gasteiger charge is 1.94. The van der Waals surface area contributed by atoms with E-state index in [9.17, 15) is 0 Å². The summed E-state index contributed by atoms with van der Waals surface area (Å²) in [6, 6.07) is 1.47. The van der Waals surface area contributed by atoms with Crippen LogP contribution in [0, 0.1) is 6.92 Å². The van der Waals surface area contributed by atoms with Crippen molar-refractivity contribution in [3.8, 4) is 5.88 Å². The van der Waals surface area contributed by atoms with Gasteiger partial charge in [0.1, 0.15) is 0 Å². The molecule has 0 fully saturated rings. The van der Waals surface area contributed by atoms with E-state index >= 15 is 0 Å². The minimum Gasteiger partial charge on any atom is -0.493 e. The van der Waals surface area contributed by atoms with Crippen LogP contribution in [0.1, 0.15) is 5.69 Å². The molecule has 2 aromatic rings. The van der Waals surface area contributed by atoms with Gasteiger partial charge in [-0.15, -0.1) is 50.5 Å². The largest absolute Gasteiger partial charge is 0.493 e. The van der Waals surface area contributed by atoms with Crippen molar-refractivity contribution in [2.45, 2.75) is 27.5 Å². The van der Waals surface area contributed by atoms with Crippen molar-refractivity contribution in [3.63, 3.8) is 0 Å². The van der Waals surface area contributed by atoms with E-state index in [1.807, 2.05) is 0 Å². The predicted molar refractivity (Wildman–Crippen MR) is 77.3 cm³/mol. The first-order valence-corrected chi connectivity index (χ1v) is 6.22. The van der Waals surface area contributed by atoms with E-state index in [1.165, 1.54) is 6.07 Å². The minimum absolute atomic E-state index is 0.0347. The number of aromatic hydroxyl groups is 1. The van der Waals surface area contributed by atoms with E-state index in [1.54, 1.807) is 6.92 Å². The summed E-state index contributed by atoms with van der Waals surface area (Å²) in [5.74, 6) is -0.0347. The Balaban J connectivity index is 0.000000180. The van der Waals surface area contributed by atoms with Crippen molar-refractivity contribution >= 4 is 50.5 Å². The average molecular weight is 319 g/mol. The Morgan fingerprint density at radius 3 is 1.50 bits per heavy atom. The Labute approximate surface area is 125 Å². The Morgan fingerprint density at radius 1 is 0.778 bits per heavy atom. The second kappa shape index (κ2) is 7.02. The van der Waals surface area contributed by atoms with Crippen LogP contribution in [-0.4, -0.2) is 30.0 Å². The van der Waals surface area contributed by atoms with Gasteiger partial charge >= 0.3 is 0 Å². The van der Waals surface area contributed by atoms with Gasteiger partial charge < -0.3 is 5.11 Å². The molecule has 0 atom stereocenters. The molecule has 0 unspecified atom stereocenters. The van der Waals surface area contributed by atoms with Crippen LogP contribution in [0.25, 0.3) is 0 Å². The van der Waals surface area contributed by atoms with Crippen LogP contribution in [-0.2, 0) is 0 Å². The summed E-state index contributed by atoms with van der Waals surface area (Å²) in [6.45, 7) is 1.76. The number of nitrogens with zero attached hydrogens (tertiary/aromatic N) is 5. The van der Waals surface area contributed by atoms with Gasteiger partial charge in [0.2, 0.25) is 5.88 Å². The summed E-state index contributed by atoms with van der Waals surface area (Å²) in [4.78, 5) is 18.4. The fourth-order valence-electron chi connectivity index (χ4n) is 0.880. The highest BCUT2D eigenvalue weighted by atomic mass is 32.1. The molecule has 1 N–H and O–H groups in total. The van der Waals surface area contributed by atoms with E-state index in [0.29, 0.717) is 26.3 Å². The van der Waals surface area contributed by atoms with Crippen LogP contribution in [0.3, 0.4) is 0 Å². The smallest absolute Gasteiger partial charge is 0.215 e. The highest BCUT2D eigenvalue weighted by Crippen LogP contribution is 2.07. The molecular weight excluding hydrogens is 310 g/mol. The van der Waals surface area contributed by atoms with Gasteiger partial charge in [0.05, 0.1) is 0 Å². The lowest BCUT2D eigenvalue weighted by Gasteiger charge is -1.93. The molecule has 96 valence electrons. The minimum atomic E-state index is -0.0347. The van der Waals surface area contributed by atoms with Crippen molar-refractivity contribution in [1.29, 1.82) is 0 Å². The number of aryl methyl sites for hydroxylation is 1. The molecular formula is C8H9N5OS4. The zero-order chi connectivity index (χ0) is 13.7. The van der Waals surface area contributed by atoms with Gasteiger partial charge in [-0.05, 0) is 6.92 Å². The normalized spacial score (nSPS) is 9.61. The lowest BCUT2D eigenvalue weighted by atomic mass is 10.4. The summed E-state index contributed by atoms with van der Waals surface area (Å²) in [7, 11) is 0. The van der Waals surface area contributed by atoms with Crippen molar-refractivity contribution in [1.82, 2.24) is 24.9 Å².